The van der Waals surface area contributed by atoms with Crippen LogP contribution >= 0.6 is 0 Å². The van der Waals surface area contributed by atoms with Crippen LogP contribution in [0.4, 0.5) is 0 Å². The molecule has 0 aromatic heterocycles. The van der Waals surface area contributed by atoms with Crippen LogP contribution in [-0.2, 0) is 4.79 Å². The maximum atomic E-state index is 10.9. The summed E-state index contributed by atoms with van der Waals surface area (Å²) >= 11 is 0. The fourth-order valence-electron chi connectivity index (χ4n) is 1.52. The molecule has 0 aromatic rings. The van der Waals surface area contributed by atoms with Crippen molar-refractivity contribution < 1.29 is 4.79 Å². The third-order valence-corrected chi connectivity index (χ3v) is 2.12. The average Bonchev–Trinajstić information content (AvgIpc) is 2.25. The summed E-state index contributed by atoms with van der Waals surface area (Å²) in [7, 11) is 0. The second-order valence-corrected chi connectivity index (χ2v) is 2.76. The van der Waals surface area contributed by atoms with Crippen LogP contribution in [0, 0.1) is 5.92 Å². The van der Waals surface area contributed by atoms with E-state index in [1.807, 2.05) is 0 Å². The van der Waals surface area contributed by atoms with Gasteiger partial charge in [-0.05, 0) is 6.42 Å². The molecule has 2 unspecified atom stereocenters. The normalized spacial score (nSPS) is 40.7. The molecule has 2 bridgehead atoms. The fourth-order valence-corrected chi connectivity index (χ4v) is 1.52. The Balaban J connectivity index is 2.14. The molecule has 2 fully saturated rings. The molecule has 2 saturated heterocycles. The lowest BCUT2D eigenvalue weighted by atomic mass is 10.1. The zero-order chi connectivity index (χ0) is 6.27. The highest BCUT2D eigenvalue weighted by molar-refractivity contribution is 5.79. The van der Waals surface area contributed by atoms with Gasteiger partial charge in [0.05, 0.1) is 12.6 Å². The minimum Gasteiger partial charge on any atom is -0.343 e. The SMILES string of the molecule is O=C1NCN2CCC1C2. The predicted molar refractivity (Wildman–Crippen MR) is 32.7 cm³/mol. The summed E-state index contributed by atoms with van der Waals surface area (Å²) < 4.78 is 0. The zero-order valence-electron chi connectivity index (χ0n) is 5.26. The Kier molecular flexibility index (Phi) is 0.990. The van der Waals surface area contributed by atoms with E-state index >= 15 is 0 Å². The van der Waals surface area contributed by atoms with Gasteiger partial charge in [0.1, 0.15) is 0 Å². The Bertz CT molecular complexity index is 146. The van der Waals surface area contributed by atoms with Crippen LogP contribution in [0.5, 0.6) is 0 Å². The van der Waals surface area contributed by atoms with Crippen LogP contribution in [0.3, 0.4) is 0 Å². The minimum atomic E-state index is 0.253. The van der Waals surface area contributed by atoms with Crippen LogP contribution in [-0.4, -0.2) is 30.6 Å². The highest BCUT2D eigenvalue weighted by atomic mass is 16.2. The molecule has 3 nitrogen and oxygen atoms in total. The van der Waals surface area contributed by atoms with Gasteiger partial charge in [0.25, 0.3) is 0 Å². The molecular weight excluding hydrogens is 116 g/mol. The first kappa shape index (κ1) is 5.23. The van der Waals surface area contributed by atoms with E-state index < -0.39 is 0 Å². The van der Waals surface area contributed by atoms with Crippen molar-refractivity contribution in [1.29, 1.82) is 0 Å². The molecule has 1 amide bonds. The Labute approximate surface area is 54.0 Å². The lowest BCUT2D eigenvalue weighted by molar-refractivity contribution is -0.126. The fraction of sp³-hybridized carbons (Fsp3) is 0.833. The molecule has 50 valence electrons. The number of fused-ring (bicyclic) bond motifs is 2. The van der Waals surface area contributed by atoms with E-state index in [9.17, 15) is 4.79 Å². The summed E-state index contributed by atoms with van der Waals surface area (Å²) in [6, 6.07) is 0. The number of carbonyl (C=O) groups excluding carboxylic acids is 1. The van der Waals surface area contributed by atoms with Gasteiger partial charge in [0.15, 0.2) is 0 Å². The molecule has 0 spiro atoms. The summed E-state index contributed by atoms with van der Waals surface area (Å²) in [6.07, 6.45) is 1.06. The number of amides is 1. The molecule has 0 aliphatic carbocycles. The summed E-state index contributed by atoms with van der Waals surface area (Å²) in [5, 5.41) is 2.83. The monoisotopic (exact) mass is 126 g/mol. The van der Waals surface area contributed by atoms with Crippen molar-refractivity contribution in [3.63, 3.8) is 0 Å². The molecular formula is C6H10N2O. The lowest BCUT2D eigenvalue weighted by Crippen LogP contribution is -2.44. The Morgan fingerprint density at radius 2 is 2.56 bits per heavy atom. The van der Waals surface area contributed by atoms with Crippen molar-refractivity contribution in [3.8, 4) is 0 Å². The zero-order valence-corrected chi connectivity index (χ0v) is 5.26. The van der Waals surface area contributed by atoms with E-state index in [1.54, 1.807) is 0 Å². The number of nitrogens with zero attached hydrogens (tertiary/aromatic N) is 1. The maximum absolute atomic E-state index is 10.9. The van der Waals surface area contributed by atoms with Gasteiger partial charge in [-0.15, -0.1) is 0 Å². The van der Waals surface area contributed by atoms with Crippen LogP contribution in [0.1, 0.15) is 6.42 Å². The van der Waals surface area contributed by atoms with Crippen molar-refractivity contribution in [2.24, 2.45) is 5.92 Å². The summed E-state index contributed by atoms with van der Waals surface area (Å²) in [6.45, 7) is 2.87. The van der Waals surface area contributed by atoms with E-state index in [0.717, 1.165) is 26.2 Å². The molecule has 2 aliphatic rings. The third kappa shape index (κ3) is 0.721. The molecule has 2 rings (SSSR count). The van der Waals surface area contributed by atoms with Gasteiger partial charge in [-0.25, -0.2) is 0 Å². The number of carbonyl (C=O) groups is 1. The van der Waals surface area contributed by atoms with Gasteiger partial charge in [-0.1, -0.05) is 0 Å². The van der Waals surface area contributed by atoms with E-state index in [4.69, 9.17) is 0 Å². The topological polar surface area (TPSA) is 32.3 Å². The van der Waals surface area contributed by atoms with Gasteiger partial charge < -0.3 is 5.32 Å². The van der Waals surface area contributed by atoms with E-state index in [0.29, 0.717) is 5.92 Å². The van der Waals surface area contributed by atoms with E-state index in [2.05, 4.69) is 10.2 Å². The molecule has 2 heterocycles. The number of rotatable bonds is 0. The first-order valence-corrected chi connectivity index (χ1v) is 3.36. The molecule has 0 aromatic carbocycles. The summed E-state index contributed by atoms with van der Waals surface area (Å²) in [5.41, 5.74) is 0. The molecule has 0 saturated carbocycles. The number of hydrogen-bond donors (Lipinski definition) is 1. The second kappa shape index (κ2) is 1.70. The van der Waals surface area contributed by atoms with Gasteiger partial charge in [0, 0.05) is 13.1 Å². The standard InChI is InChI=1S/C6H10N2O/c9-6-5-1-2-8(3-5)4-7-6/h5H,1-4H2,(H,7,9). The van der Waals surface area contributed by atoms with E-state index in [1.165, 1.54) is 0 Å². The smallest absolute Gasteiger partial charge is 0.225 e. The summed E-state index contributed by atoms with van der Waals surface area (Å²) in [5.74, 6) is 0.558. The van der Waals surface area contributed by atoms with Crippen LogP contribution in [0.2, 0.25) is 0 Å². The van der Waals surface area contributed by atoms with Gasteiger partial charge >= 0.3 is 0 Å². The van der Waals surface area contributed by atoms with Crippen LogP contribution in [0.15, 0.2) is 0 Å². The first-order chi connectivity index (χ1) is 4.36. The van der Waals surface area contributed by atoms with Gasteiger partial charge in [-0.3, -0.25) is 9.69 Å². The molecule has 2 atom stereocenters. The average molecular weight is 126 g/mol. The van der Waals surface area contributed by atoms with E-state index in [-0.39, 0.29) is 5.91 Å². The van der Waals surface area contributed by atoms with Gasteiger partial charge in [-0.2, -0.15) is 0 Å². The van der Waals surface area contributed by atoms with Crippen LogP contribution in [0.25, 0.3) is 0 Å². The Morgan fingerprint density at radius 3 is 3.33 bits per heavy atom. The molecule has 1 N–H and O–H groups in total. The summed E-state index contributed by atoms with van der Waals surface area (Å²) in [4.78, 5) is 13.2. The minimum absolute atomic E-state index is 0.253. The highest BCUT2D eigenvalue weighted by Gasteiger charge is 2.32. The van der Waals surface area contributed by atoms with Crippen molar-refractivity contribution in [1.82, 2.24) is 10.2 Å². The largest absolute Gasteiger partial charge is 0.343 e. The molecule has 9 heavy (non-hydrogen) atoms. The quantitative estimate of drug-likeness (QED) is 0.470. The maximum Gasteiger partial charge on any atom is 0.225 e. The third-order valence-electron chi connectivity index (χ3n) is 2.12. The molecule has 2 aliphatic heterocycles. The van der Waals surface area contributed by atoms with Crippen molar-refractivity contribution >= 4 is 5.91 Å². The number of hydrogen-bond acceptors (Lipinski definition) is 2. The van der Waals surface area contributed by atoms with Crippen molar-refractivity contribution in [3.05, 3.63) is 0 Å². The second-order valence-electron chi connectivity index (χ2n) is 2.76. The first-order valence-electron chi connectivity index (χ1n) is 3.36. The van der Waals surface area contributed by atoms with Crippen LogP contribution < -0.4 is 5.32 Å². The Hall–Kier alpha value is -0.570. The molecule has 3 heteroatoms. The molecule has 0 radical (unpaired) electrons. The lowest BCUT2D eigenvalue weighted by Gasteiger charge is -2.21. The Morgan fingerprint density at radius 1 is 1.67 bits per heavy atom. The van der Waals surface area contributed by atoms with Crippen molar-refractivity contribution in [2.75, 3.05) is 19.8 Å². The predicted octanol–water partition coefficient (Wildman–Crippen LogP) is -0.604. The van der Waals surface area contributed by atoms with Gasteiger partial charge in [0.2, 0.25) is 5.91 Å². The number of nitrogens with one attached hydrogen (secondary N) is 1. The highest BCUT2D eigenvalue weighted by Crippen LogP contribution is 2.18. The van der Waals surface area contributed by atoms with Crippen molar-refractivity contribution in [2.45, 2.75) is 6.42 Å².